The molecule has 1 saturated heterocycles. The van der Waals surface area contributed by atoms with Crippen LogP contribution < -0.4 is 5.32 Å². The second-order valence-corrected chi connectivity index (χ2v) is 6.91. The molecule has 19 heavy (non-hydrogen) atoms. The van der Waals surface area contributed by atoms with E-state index in [1.165, 1.54) is 6.20 Å². The number of nitrogens with zero attached hydrogens (tertiary/aromatic N) is 2. The van der Waals surface area contributed by atoms with Crippen LogP contribution in [0.15, 0.2) is 11.1 Å². The standard InChI is InChI=1S/C12H22N4O2S/c1-3-16(9-11-4-6-13-7-5-11)19(17,18)12-8-14-15-10(12)2/h8,11,13H,3-7,9H2,1-2H3,(H,14,15). The first-order valence-electron chi connectivity index (χ1n) is 6.76. The van der Waals surface area contributed by atoms with E-state index in [9.17, 15) is 8.42 Å². The Labute approximate surface area is 114 Å². The van der Waals surface area contributed by atoms with E-state index in [4.69, 9.17) is 0 Å². The van der Waals surface area contributed by atoms with E-state index in [1.54, 1.807) is 11.2 Å². The lowest BCUT2D eigenvalue weighted by Crippen LogP contribution is -2.39. The topological polar surface area (TPSA) is 78.1 Å². The van der Waals surface area contributed by atoms with Gasteiger partial charge in [0.2, 0.25) is 10.0 Å². The molecule has 1 aromatic heterocycles. The fraction of sp³-hybridized carbons (Fsp3) is 0.750. The molecule has 6 nitrogen and oxygen atoms in total. The van der Waals surface area contributed by atoms with Gasteiger partial charge in [-0.3, -0.25) is 5.10 Å². The van der Waals surface area contributed by atoms with Crippen LogP contribution in [0.4, 0.5) is 0 Å². The number of H-pyrrole nitrogens is 1. The molecule has 0 bridgehead atoms. The lowest BCUT2D eigenvalue weighted by Gasteiger charge is -2.28. The molecule has 108 valence electrons. The number of hydrogen-bond acceptors (Lipinski definition) is 4. The predicted molar refractivity (Wildman–Crippen MR) is 73.4 cm³/mol. The average Bonchev–Trinajstić information content (AvgIpc) is 2.84. The normalized spacial score (nSPS) is 18.1. The van der Waals surface area contributed by atoms with Crippen molar-refractivity contribution in [3.8, 4) is 0 Å². The van der Waals surface area contributed by atoms with Crippen molar-refractivity contribution in [2.75, 3.05) is 26.2 Å². The first-order chi connectivity index (χ1) is 9.05. The van der Waals surface area contributed by atoms with Crippen LogP contribution in [0.2, 0.25) is 0 Å². The Morgan fingerprint density at radius 3 is 2.63 bits per heavy atom. The third-order valence-corrected chi connectivity index (χ3v) is 5.73. The fourth-order valence-electron chi connectivity index (χ4n) is 2.49. The number of sulfonamides is 1. The van der Waals surface area contributed by atoms with Gasteiger partial charge in [0.05, 0.1) is 11.9 Å². The van der Waals surface area contributed by atoms with Gasteiger partial charge in [0, 0.05) is 13.1 Å². The Hall–Kier alpha value is -0.920. The molecule has 1 fully saturated rings. The first kappa shape index (κ1) is 14.5. The quantitative estimate of drug-likeness (QED) is 0.836. The number of hydrogen-bond donors (Lipinski definition) is 2. The van der Waals surface area contributed by atoms with Gasteiger partial charge >= 0.3 is 0 Å². The highest BCUT2D eigenvalue weighted by Gasteiger charge is 2.28. The zero-order chi connectivity index (χ0) is 13.9. The largest absolute Gasteiger partial charge is 0.317 e. The number of aryl methyl sites for hydroxylation is 1. The van der Waals surface area contributed by atoms with E-state index in [2.05, 4.69) is 15.5 Å². The summed E-state index contributed by atoms with van der Waals surface area (Å²) in [6.07, 6.45) is 3.47. The predicted octanol–water partition coefficient (Wildman–Crippen LogP) is 0.728. The van der Waals surface area contributed by atoms with Gasteiger partial charge in [-0.2, -0.15) is 9.40 Å². The van der Waals surface area contributed by atoms with Crippen molar-refractivity contribution in [2.45, 2.75) is 31.6 Å². The van der Waals surface area contributed by atoms with Crippen LogP contribution in [0.5, 0.6) is 0 Å². The third-order valence-electron chi connectivity index (χ3n) is 3.67. The Balaban J connectivity index is 2.14. The number of piperidine rings is 1. The van der Waals surface area contributed by atoms with Gasteiger partial charge in [0.15, 0.2) is 0 Å². The molecule has 2 N–H and O–H groups in total. The number of nitrogens with one attached hydrogen (secondary N) is 2. The molecule has 1 aliphatic rings. The van der Waals surface area contributed by atoms with Crippen molar-refractivity contribution >= 4 is 10.0 Å². The lowest BCUT2D eigenvalue weighted by atomic mass is 9.98. The van der Waals surface area contributed by atoms with Crippen LogP contribution >= 0.6 is 0 Å². The monoisotopic (exact) mass is 286 g/mol. The van der Waals surface area contributed by atoms with E-state index in [1.807, 2.05) is 6.92 Å². The van der Waals surface area contributed by atoms with Crippen LogP contribution in [0.3, 0.4) is 0 Å². The summed E-state index contributed by atoms with van der Waals surface area (Å²) in [7, 11) is -3.42. The van der Waals surface area contributed by atoms with Gasteiger partial charge < -0.3 is 5.32 Å². The Morgan fingerprint density at radius 2 is 2.11 bits per heavy atom. The highest BCUT2D eigenvalue weighted by Crippen LogP contribution is 2.21. The van der Waals surface area contributed by atoms with E-state index in [-0.39, 0.29) is 0 Å². The molecule has 0 aliphatic carbocycles. The van der Waals surface area contributed by atoms with Gasteiger partial charge in [-0.25, -0.2) is 8.42 Å². The molecule has 0 unspecified atom stereocenters. The molecule has 0 saturated carbocycles. The van der Waals surface area contributed by atoms with Crippen molar-refractivity contribution < 1.29 is 8.42 Å². The third kappa shape index (κ3) is 3.16. The summed E-state index contributed by atoms with van der Waals surface area (Å²) in [6.45, 7) is 6.67. The van der Waals surface area contributed by atoms with Crippen molar-refractivity contribution in [3.05, 3.63) is 11.9 Å². The molecular formula is C12H22N4O2S. The molecule has 0 spiro atoms. The molecule has 2 heterocycles. The summed E-state index contributed by atoms with van der Waals surface area (Å²) in [5.41, 5.74) is 0.601. The lowest BCUT2D eigenvalue weighted by molar-refractivity contribution is 0.294. The molecule has 7 heteroatoms. The van der Waals surface area contributed by atoms with Crippen LogP contribution in [0.25, 0.3) is 0 Å². The van der Waals surface area contributed by atoms with Crippen molar-refractivity contribution in [3.63, 3.8) is 0 Å². The molecule has 0 radical (unpaired) electrons. The fourth-order valence-corrected chi connectivity index (χ4v) is 4.13. The summed E-state index contributed by atoms with van der Waals surface area (Å²) in [5.74, 6) is 0.447. The average molecular weight is 286 g/mol. The zero-order valence-corrected chi connectivity index (χ0v) is 12.3. The van der Waals surface area contributed by atoms with E-state index in [0.717, 1.165) is 25.9 Å². The summed E-state index contributed by atoms with van der Waals surface area (Å²) in [6, 6.07) is 0. The van der Waals surface area contributed by atoms with Crippen molar-refractivity contribution in [1.82, 2.24) is 19.8 Å². The maximum atomic E-state index is 12.6. The SMILES string of the molecule is CCN(CC1CCNCC1)S(=O)(=O)c1cn[nH]c1C. The van der Waals surface area contributed by atoms with Crippen LogP contribution in [0.1, 0.15) is 25.5 Å². The molecule has 1 aliphatic heterocycles. The first-order valence-corrected chi connectivity index (χ1v) is 8.20. The van der Waals surface area contributed by atoms with Crippen LogP contribution in [0, 0.1) is 12.8 Å². The minimum absolute atomic E-state index is 0.295. The van der Waals surface area contributed by atoms with Crippen molar-refractivity contribution in [1.29, 1.82) is 0 Å². The zero-order valence-electron chi connectivity index (χ0n) is 11.5. The second-order valence-electron chi connectivity index (χ2n) is 5.01. The van der Waals surface area contributed by atoms with Gasteiger partial charge in [-0.05, 0) is 38.8 Å². The summed E-state index contributed by atoms with van der Waals surface area (Å²) < 4.78 is 26.7. The minimum atomic E-state index is -3.42. The molecule has 1 aromatic rings. The maximum Gasteiger partial charge on any atom is 0.246 e. The van der Waals surface area contributed by atoms with Crippen LogP contribution in [-0.4, -0.2) is 49.1 Å². The summed E-state index contributed by atoms with van der Waals surface area (Å²) in [5, 5.41) is 9.80. The van der Waals surface area contributed by atoms with Gasteiger partial charge in [0.1, 0.15) is 4.90 Å². The van der Waals surface area contributed by atoms with Gasteiger partial charge in [-0.1, -0.05) is 6.92 Å². The van der Waals surface area contributed by atoms with E-state index < -0.39 is 10.0 Å². The second kappa shape index (κ2) is 6.02. The molecule has 0 amide bonds. The molecule has 0 atom stereocenters. The smallest absolute Gasteiger partial charge is 0.246 e. The number of aromatic amines is 1. The van der Waals surface area contributed by atoms with Crippen molar-refractivity contribution in [2.24, 2.45) is 5.92 Å². The Bertz CT molecular complexity index is 506. The molecule has 0 aromatic carbocycles. The van der Waals surface area contributed by atoms with Gasteiger partial charge in [0.25, 0.3) is 0 Å². The maximum absolute atomic E-state index is 12.6. The Morgan fingerprint density at radius 1 is 1.42 bits per heavy atom. The van der Waals surface area contributed by atoms with E-state index >= 15 is 0 Å². The molecular weight excluding hydrogens is 264 g/mol. The number of aromatic nitrogens is 2. The number of rotatable bonds is 5. The highest BCUT2D eigenvalue weighted by molar-refractivity contribution is 7.89. The highest BCUT2D eigenvalue weighted by atomic mass is 32.2. The Kier molecular flexibility index (Phi) is 4.59. The van der Waals surface area contributed by atoms with Gasteiger partial charge in [-0.15, -0.1) is 0 Å². The summed E-state index contributed by atoms with van der Waals surface area (Å²) in [4.78, 5) is 0.295. The molecule has 2 rings (SSSR count). The minimum Gasteiger partial charge on any atom is -0.317 e. The van der Waals surface area contributed by atoms with E-state index in [0.29, 0.717) is 29.6 Å². The summed E-state index contributed by atoms with van der Waals surface area (Å²) >= 11 is 0. The van der Waals surface area contributed by atoms with Crippen LogP contribution in [-0.2, 0) is 10.0 Å².